The third-order valence-electron chi connectivity index (χ3n) is 3.47. The summed E-state index contributed by atoms with van der Waals surface area (Å²) in [5.74, 6) is -1.03. The van der Waals surface area contributed by atoms with Crippen molar-refractivity contribution in [1.82, 2.24) is 15.0 Å². The van der Waals surface area contributed by atoms with Crippen LogP contribution in [0.25, 0.3) is 16.9 Å². The number of hydrogen-bond donors (Lipinski definition) is 1. The predicted octanol–water partition coefficient (Wildman–Crippen LogP) is 2.75. The molecule has 0 radical (unpaired) electrons. The maximum absolute atomic E-state index is 11.3. The van der Waals surface area contributed by atoms with Crippen molar-refractivity contribution in [3.05, 3.63) is 65.4 Å². The van der Waals surface area contributed by atoms with Crippen molar-refractivity contribution in [3.63, 3.8) is 0 Å². The Morgan fingerprint density at radius 3 is 2.57 bits per heavy atom. The highest BCUT2D eigenvalue weighted by atomic mass is 16.4. The van der Waals surface area contributed by atoms with Crippen LogP contribution in [0, 0.1) is 6.92 Å². The molecule has 6 nitrogen and oxygen atoms in total. The normalized spacial score (nSPS) is 10.5. The van der Waals surface area contributed by atoms with Gasteiger partial charge < -0.3 is 5.11 Å². The van der Waals surface area contributed by atoms with Crippen molar-refractivity contribution in [1.29, 1.82) is 0 Å². The van der Waals surface area contributed by atoms with Crippen LogP contribution in [0.1, 0.15) is 26.4 Å². The topological polar surface area (TPSA) is 85.1 Å². The van der Waals surface area contributed by atoms with Crippen molar-refractivity contribution < 1.29 is 14.7 Å². The fraction of sp³-hybridized carbons (Fsp3) is 0.0588. The monoisotopic (exact) mass is 307 g/mol. The van der Waals surface area contributed by atoms with Gasteiger partial charge in [0, 0.05) is 5.56 Å². The zero-order valence-electron chi connectivity index (χ0n) is 12.3. The summed E-state index contributed by atoms with van der Waals surface area (Å²) < 4.78 is 1.47. The van der Waals surface area contributed by atoms with Gasteiger partial charge >= 0.3 is 5.97 Å². The van der Waals surface area contributed by atoms with E-state index < -0.39 is 5.97 Å². The summed E-state index contributed by atoms with van der Waals surface area (Å²) in [6, 6.07) is 13.9. The third kappa shape index (κ3) is 2.74. The van der Waals surface area contributed by atoms with Gasteiger partial charge in [-0.15, -0.1) is 5.10 Å². The number of nitrogens with zero attached hydrogens (tertiary/aromatic N) is 3. The molecule has 0 aliphatic heterocycles. The number of carboxylic acid groups (broad SMARTS) is 1. The van der Waals surface area contributed by atoms with Gasteiger partial charge in [-0.2, -0.15) is 0 Å². The van der Waals surface area contributed by atoms with Crippen LogP contribution in [-0.2, 0) is 0 Å². The molecule has 1 aromatic heterocycles. The summed E-state index contributed by atoms with van der Waals surface area (Å²) in [6.45, 7) is 1.97. The molecule has 0 spiro atoms. The number of hydrogen-bond acceptors (Lipinski definition) is 4. The van der Waals surface area contributed by atoms with Gasteiger partial charge in [-0.25, -0.2) is 9.48 Å². The van der Waals surface area contributed by atoms with Crippen molar-refractivity contribution >= 4 is 12.3 Å². The molecule has 1 N–H and O–H groups in total. The zero-order chi connectivity index (χ0) is 16.4. The van der Waals surface area contributed by atoms with Gasteiger partial charge in [-0.05, 0) is 25.1 Å². The minimum atomic E-state index is -1.03. The first-order valence-corrected chi connectivity index (χ1v) is 6.92. The number of aromatic carboxylic acids is 1. The Labute approximate surface area is 132 Å². The fourth-order valence-corrected chi connectivity index (χ4v) is 2.31. The van der Waals surface area contributed by atoms with Crippen LogP contribution in [0.2, 0.25) is 0 Å². The van der Waals surface area contributed by atoms with E-state index >= 15 is 0 Å². The lowest BCUT2D eigenvalue weighted by molar-refractivity contribution is 0.0696. The lowest BCUT2D eigenvalue weighted by atomic mass is 10.1. The van der Waals surface area contributed by atoms with E-state index in [9.17, 15) is 9.59 Å². The van der Waals surface area contributed by atoms with Crippen LogP contribution in [0.3, 0.4) is 0 Å². The molecule has 6 heteroatoms. The average Bonchev–Trinajstić information content (AvgIpc) is 2.99. The van der Waals surface area contributed by atoms with E-state index in [1.54, 1.807) is 12.1 Å². The molecule has 114 valence electrons. The first kappa shape index (κ1) is 14.6. The number of carbonyl (C=O) groups is 2. The third-order valence-corrected chi connectivity index (χ3v) is 3.47. The van der Waals surface area contributed by atoms with Crippen LogP contribution >= 0.6 is 0 Å². The highest BCUT2D eigenvalue weighted by Crippen LogP contribution is 2.25. The van der Waals surface area contributed by atoms with Crippen molar-refractivity contribution in [2.45, 2.75) is 6.92 Å². The Bertz CT molecular complexity index is 882. The van der Waals surface area contributed by atoms with Gasteiger partial charge in [0.15, 0.2) is 12.0 Å². The Balaban J connectivity index is 2.19. The highest BCUT2D eigenvalue weighted by molar-refractivity contribution is 5.88. The van der Waals surface area contributed by atoms with Crippen LogP contribution in [0.5, 0.6) is 0 Å². The quantitative estimate of drug-likeness (QED) is 0.749. The molecule has 0 atom stereocenters. The van der Waals surface area contributed by atoms with E-state index in [1.807, 2.05) is 31.2 Å². The number of rotatable bonds is 4. The summed E-state index contributed by atoms with van der Waals surface area (Å²) in [4.78, 5) is 22.4. The van der Waals surface area contributed by atoms with Gasteiger partial charge in [-0.1, -0.05) is 41.1 Å². The van der Waals surface area contributed by atoms with Crippen molar-refractivity contribution in [3.8, 4) is 16.9 Å². The van der Waals surface area contributed by atoms with E-state index in [0.29, 0.717) is 17.7 Å². The molecule has 0 aliphatic rings. The number of aryl methyl sites for hydroxylation is 1. The summed E-state index contributed by atoms with van der Waals surface area (Å²) in [7, 11) is 0. The van der Waals surface area contributed by atoms with Crippen molar-refractivity contribution in [2.24, 2.45) is 0 Å². The predicted molar refractivity (Wildman–Crippen MR) is 83.9 cm³/mol. The van der Waals surface area contributed by atoms with E-state index in [2.05, 4.69) is 10.3 Å². The molecule has 0 aliphatic carbocycles. The van der Waals surface area contributed by atoms with Crippen LogP contribution in [0.4, 0.5) is 0 Å². The second kappa shape index (κ2) is 5.84. The minimum absolute atomic E-state index is 0.139. The maximum atomic E-state index is 11.3. The van der Waals surface area contributed by atoms with Crippen LogP contribution in [0.15, 0.2) is 48.5 Å². The van der Waals surface area contributed by atoms with Gasteiger partial charge in [0.1, 0.15) is 5.69 Å². The van der Waals surface area contributed by atoms with E-state index in [0.717, 1.165) is 11.1 Å². The molecule has 1 heterocycles. The molecule has 0 saturated carbocycles. The molecule has 0 bridgehead atoms. The molecule has 0 unspecified atom stereocenters. The number of aromatic nitrogens is 3. The Morgan fingerprint density at radius 2 is 1.91 bits per heavy atom. The Morgan fingerprint density at radius 1 is 1.17 bits per heavy atom. The lowest BCUT2D eigenvalue weighted by Crippen LogP contribution is -2.03. The summed E-state index contributed by atoms with van der Waals surface area (Å²) in [6.07, 6.45) is 0.639. The molecular weight excluding hydrogens is 294 g/mol. The maximum Gasteiger partial charge on any atom is 0.335 e. The molecule has 2 aromatic carbocycles. The SMILES string of the molecule is Cc1ccc(-c2c(C=O)nnn2-c2cccc(C(=O)O)c2)cc1. The summed E-state index contributed by atoms with van der Waals surface area (Å²) in [5.41, 5.74) is 3.27. The van der Waals surface area contributed by atoms with E-state index in [4.69, 9.17) is 5.11 Å². The molecule has 0 fully saturated rings. The first-order valence-electron chi connectivity index (χ1n) is 6.92. The van der Waals surface area contributed by atoms with Gasteiger partial charge in [-0.3, -0.25) is 4.79 Å². The van der Waals surface area contributed by atoms with Crippen LogP contribution < -0.4 is 0 Å². The number of benzene rings is 2. The fourth-order valence-electron chi connectivity index (χ4n) is 2.31. The molecule has 3 aromatic rings. The van der Waals surface area contributed by atoms with E-state index in [1.165, 1.54) is 16.8 Å². The minimum Gasteiger partial charge on any atom is -0.478 e. The second-order valence-corrected chi connectivity index (χ2v) is 5.07. The van der Waals surface area contributed by atoms with Gasteiger partial charge in [0.05, 0.1) is 11.3 Å². The number of carbonyl (C=O) groups excluding carboxylic acids is 1. The Kier molecular flexibility index (Phi) is 3.72. The Hall–Kier alpha value is -3.28. The zero-order valence-corrected chi connectivity index (χ0v) is 12.3. The van der Waals surface area contributed by atoms with Gasteiger partial charge in [0.2, 0.25) is 0 Å². The lowest BCUT2D eigenvalue weighted by Gasteiger charge is -2.08. The molecular formula is C17H13N3O3. The number of aldehydes is 1. The molecule has 0 saturated heterocycles. The van der Waals surface area contributed by atoms with Gasteiger partial charge in [0.25, 0.3) is 0 Å². The first-order chi connectivity index (χ1) is 11.1. The second-order valence-electron chi connectivity index (χ2n) is 5.07. The smallest absolute Gasteiger partial charge is 0.335 e. The van der Waals surface area contributed by atoms with Crippen LogP contribution in [-0.4, -0.2) is 32.4 Å². The standard InChI is InChI=1S/C17H13N3O3/c1-11-5-7-12(8-6-11)16-15(10-21)18-19-20(16)14-4-2-3-13(9-14)17(22)23/h2-10H,1H3,(H,22,23). The summed E-state index contributed by atoms with van der Waals surface area (Å²) in [5, 5.41) is 17.0. The highest BCUT2D eigenvalue weighted by Gasteiger charge is 2.16. The average molecular weight is 307 g/mol. The van der Waals surface area contributed by atoms with Crippen molar-refractivity contribution in [2.75, 3.05) is 0 Å². The molecule has 0 amide bonds. The summed E-state index contributed by atoms with van der Waals surface area (Å²) >= 11 is 0. The molecule has 23 heavy (non-hydrogen) atoms. The number of carboxylic acids is 1. The van der Waals surface area contributed by atoms with E-state index in [-0.39, 0.29) is 11.3 Å². The molecule has 3 rings (SSSR count). The largest absolute Gasteiger partial charge is 0.478 e.